The molecule has 1 aromatic rings. The largest absolute Gasteiger partial charge is 0.573 e. The molecule has 0 bridgehead atoms. The van der Waals surface area contributed by atoms with Gasteiger partial charge in [-0.25, -0.2) is 9.59 Å². The van der Waals surface area contributed by atoms with Gasteiger partial charge in [-0.2, -0.15) is 5.26 Å². The van der Waals surface area contributed by atoms with Gasteiger partial charge in [-0.1, -0.05) is 0 Å². The number of benzene rings is 1. The molecule has 1 aromatic carbocycles. The van der Waals surface area contributed by atoms with Crippen LogP contribution in [0.15, 0.2) is 29.5 Å². The third-order valence-electron chi connectivity index (χ3n) is 3.45. The van der Waals surface area contributed by atoms with Crippen molar-refractivity contribution in [2.24, 2.45) is 0 Å². The smallest absolute Gasteiger partial charge is 0.466 e. The van der Waals surface area contributed by atoms with E-state index < -0.39 is 24.1 Å². The van der Waals surface area contributed by atoms with Gasteiger partial charge < -0.3 is 23.8 Å². The number of hydrogen-bond acceptors (Lipinski definition) is 8. The molecule has 1 aliphatic heterocycles. The average molecular weight is 386 g/mol. The van der Waals surface area contributed by atoms with Crippen LogP contribution in [0.4, 0.5) is 18.9 Å². The lowest BCUT2D eigenvalue weighted by Crippen LogP contribution is -2.39. The molecule has 144 valence electrons. The molecule has 1 aliphatic rings. The lowest BCUT2D eigenvalue weighted by molar-refractivity contribution is -0.274. The molecule has 0 amide bonds. The lowest BCUT2D eigenvalue weighted by atomic mass is 10.1. The maximum Gasteiger partial charge on any atom is 0.573 e. The van der Waals surface area contributed by atoms with E-state index in [0.717, 1.165) is 37.3 Å². The molecule has 0 fully saturated rings. The number of nitriles is 1. The number of methoxy groups -OCH3 is 2. The highest BCUT2D eigenvalue weighted by atomic mass is 19.4. The first-order chi connectivity index (χ1) is 12.7. The van der Waals surface area contributed by atoms with Crippen LogP contribution in [-0.4, -0.2) is 45.9 Å². The highest BCUT2D eigenvalue weighted by Crippen LogP contribution is 2.34. The summed E-state index contributed by atoms with van der Waals surface area (Å²) in [6, 6.07) is 4.72. The minimum Gasteiger partial charge on any atom is -0.466 e. The molecule has 0 N–H and O–H groups in total. The molecule has 2 rings (SSSR count). The van der Waals surface area contributed by atoms with Gasteiger partial charge in [-0.3, -0.25) is 0 Å². The van der Waals surface area contributed by atoms with Crippen molar-refractivity contribution in [1.82, 2.24) is 0 Å². The van der Waals surface area contributed by atoms with E-state index in [2.05, 4.69) is 14.2 Å². The maximum atomic E-state index is 12.5. The molecule has 27 heavy (non-hydrogen) atoms. The Bertz CT molecular complexity index is 828. The number of rotatable bonds is 4. The highest BCUT2D eigenvalue weighted by molar-refractivity contribution is 6.03. The first kappa shape index (κ1) is 20.1. The summed E-state index contributed by atoms with van der Waals surface area (Å²) in [5.74, 6) is -2.46. The molecular formula is C16H13F3N2O6. The van der Waals surface area contributed by atoms with Gasteiger partial charge >= 0.3 is 18.3 Å². The third kappa shape index (κ3) is 4.48. The fourth-order valence-corrected chi connectivity index (χ4v) is 2.36. The SMILES string of the molecule is COC(=O)C1=C(C(=O)OC)N(c2cc(OC(F)(F)F)ccc2C#N)COC1. The number of hydrogen-bond donors (Lipinski definition) is 0. The first-order valence-electron chi connectivity index (χ1n) is 7.26. The molecule has 1 heterocycles. The normalized spacial score (nSPS) is 14.4. The molecule has 0 saturated heterocycles. The molecule has 0 aliphatic carbocycles. The second-order valence-corrected chi connectivity index (χ2v) is 5.05. The Balaban J connectivity index is 2.63. The fourth-order valence-electron chi connectivity index (χ4n) is 2.36. The van der Waals surface area contributed by atoms with Crippen LogP contribution < -0.4 is 9.64 Å². The Kier molecular flexibility index (Phi) is 5.91. The summed E-state index contributed by atoms with van der Waals surface area (Å²) >= 11 is 0. The number of halogens is 3. The Hall–Kier alpha value is -3.26. The van der Waals surface area contributed by atoms with Crippen molar-refractivity contribution in [3.63, 3.8) is 0 Å². The van der Waals surface area contributed by atoms with E-state index in [9.17, 15) is 28.0 Å². The molecule has 0 saturated carbocycles. The molecule has 0 radical (unpaired) electrons. The molecule has 11 heteroatoms. The van der Waals surface area contributed by atoms with Crippen molar-refractivity contribution >= 4 is 17.6 Å². The van der Waals surface area contributed by atoms with Crippen LogP contribution in [0.3, 0.4) is 0 Å². The molecule has 8 nitrogen and oxygen atoms in total. The van der Waals surface area contributed by atoms with E-state index in [1.165, 1.54) is 0 Å². The molecule has 0 aromatic heterocycles. The van der Waals surface area contributed by atoms with Gasteiger partial charge in [0.25, 0.3) is 0 Å². The van der Waals surface area contributed by atoms with Gasteiger partial charge in [-0.15, -0.1) is 13.2 Å². The lowest BCUT2D eigenvalue weighted by Gasteiger charge is -2.32. The van der Waals surface area contributed by atoms with Gasteiger partial charge in [0.2, 0.25) is 0 Å². The van der Waals surface area contributed by atoms with Crippen LogP contribution in [0.1, 0.15) is 5.56 Å². The van der Waals surface area contributed by atoms with Crippen LogP contribution >= 0.6 is 0 Å². The first-order valence-corrected chi connectivity index (χ1v) is 7.26. The topological polar surface area (TPSA) is 98.1 Å². The maximum absolute atomic E-state index is 12.5. The van der Waals surface area contributed by atoms with E-state index >= 15 is 0 Å². The van der Waals surface area contributed by atoms with Crippen molar-refractivity contribution in [1.29, 1.82) is 5.26 Å². The predicted octanol–water partition coefficient (Wildman–Crippen LogP) is 1.85. The van der Waals surface area contributed by atoms with Gasteiger partial charge in [0, 0.05) is 6.07 Å². The number of ether oxygens (including phenoxy) is 4. The monoisotopic (exact) mass is 386 g/mol. The number of carbonyl (C=O) groups is 2. The van der Waals surface area contributed by atoms with Gasteiger partial charge in [0.1, 0.15) is 24.2 Å². The van der Waals surface area contributed by atoms with Crippen molar-refractivity contribution in [2.75, 3.05) is 32.5 Å². The molecule has 0 spiro atoms. The van der Waals surface area contributed by atoms with E-state index in [1.54, 1.807) is 6.07 Å². The van der Waals surface area contributed by atoms with Gasteiger partial charge in [0.05, 0.1) is 37.7 Å². The molecular weight excluding hydrogens is 373 g/mol. The summed E-state index contributed by atoms with van der Waals surface area (Å²) in [5.41, 5.74) is -0.737. The standard InChI is InChI=1S/C16H13F3N2O6/c1-24-14(22)11-7-26-8-21(13(11)15(23)25-2)12-5-10(27-16(17,18)19)4-3-9(12)6-20/h3-5H,7-8H2,1-2H3. The minimum atomic E-state index is -4.96. The third-order valence-corrected chi connectivity index (χ3v) is 3.45. The second-order valence-electron chi connectivity index (χ2n) is 5.05. The fraction of sp³-hybridized carbons (Fsp3) is 0.312. The number of esters is 2. The number of carbonyl (C=O) groups excluding carboxylic acids is 2. The highest BCUT2D eigenvalue weighted by Gasteiger charge is 2.35. The Labute approximate surface area is 151 Å². The van der Waals surface area contributed by atoms with Crippen molar-refractivity contribution < 1.29 is 41.7 Å². The Morgan fingerprint density at radius 1 is 1.22 bits per heavy atom. The van der Waals surface area contributed by atoms with Crippen molar-refractivity contribution in [3.05, 3.63) is 35.0 Å². The summed E-state index contributed by atoms with van der Waals surface area (Å²) in [5, 5.41) is 9.27. The second kappa shape index (κ2) is 7.96. The average Bonchev–Trinajstić information content (AvgIpc) is 2.64. The molecule has 0 unspecified atom stereocenters. The summed E-state index contributed by atoms with van der Waals surface area (Å²) in [6.07, 6.45) is -4.96. The zero-order valence-electron chi connectivity index (χ0n) is 14.1. The molecule has 0 atom stereocenters. The van der Waals surface area contributed by atoms with E-state index in [-0.39, 0.29) is 35.9 Å². The van der Waals surface area contributed by atoms with Crippen LogP contribution in [-0.2, 0) is 23.8 Å². The zero-order chi connectivity index (χ0) is 20.2. The van der Waals surface area contributed by atoms with Crippen molar-refractivity contribution in [3.8, 4) is 11.8 Å². The Morgan fingerprint density at radius 3 is 2.44 bits per heavy atom. The summed E-state index contributed by atoms with van der Waals surface area (Å²) in [4.78, 5) is 25.2. The summed E-state index contributed by atoms with van der Waals surface area (Å²) < 4.78 is 55.8. The zero-order valence-corrected chi connectivity index (χ0v) is 14.1. The van der Waals surface area contributed by atoms with E-state index in [0.29, 0.717) is 0 Å². The number of alkyl halides is 3. The van der Waals surface area contributed by atoms with E-state index in [1.807, 2.05) is 0 Å². The van der Waals surface area contributed by atoms with Crippen LogP contribution in [0.25, 0.3) is 0 Å². The van der Waals surface area contributed by atoms with Crippen LogP contribution in [0, 0.1) is 11.3 Å². The number of anilines is 1. The minimum absolute atomic E-state index is 0.0827. The predicted molar refractivity (Wildman–Crippen MR) is 82.2 cm³/mol. The van der Waals surface area contributed by atoms with E-state index in [4.69, 9.17) is 4.74 Å². The quantitative estimate of drug-likeness (QED) is 0.723. The number of nitrogens with zero attached hydrogens (tertiary/aromatic N) is 2. The van der Waals surface area contributed by atoms with Crippen LogP contribution in [0.5, 0.6) is 5.75 Å². The summed E-state index contributed by atoms with van der Waals surface area (Å²) in [6.45, 7) is -0.608. The van der Waals surface area contributed by atoms with Gasteiger partial charge in [-0.05, 0) is 12.1 Å². The Morgan fingerprint density at radius 2 is 1.89 bits per heavy atom. The summed E-state index contributed by atoms with van der Waals surface area (Å²) in [7, 11) is 2.15. The van der Waals surface area contributed by atoms with Gasteiger partial charge in [0.15, 0.2) is 0 Å². The van der Waals surface area contributed by atoms with Crippen molar-refractivity contribution in [2.45, 2.75) is 6.36 Å². The van der Waals surface area contributed by atoms with Crippen LogP contribution in [0.2, 0.25) is 0 Å².